The zero-order valence-corrected chi connectivity index (χ0v) is 20.2. The molecule has 0 unspecified atom stereocenters. The van der Waals surface area contributed by atoms with E-state index in [1.165, 1.54) is 25.9 Å². The summed E-state index contributed by atoms with van der Waals surface area (Å²) >= 11 is 0. The molecule has 2 aromatic heterocycles. The van der Waals surface area contributed by atoms with Gasteiger partial charge in [0.1, 0.15) is 5.75 Å². The van der Waals surface area contributed by atoms with Crippen LogP contribution in [0.3, 0.4) is 0 Å². The second kappa shape index (κ2) is 11.0. The minimum Gasteiger partial charge on any atom is -0.497 e. The molecule has 34 heavy (non-hydrogen) atoms. The van der Waals surface area contributed by atoms with Crippen LogP contribution in [0.1, 0.15) is 35.7 Å². The van der Waals surface area contributed by atoms with E-state index >= 15 is 0 Å². The van der Waals surface area contributed by atoms with Crippen LogP contribution in [0, 0.1) is 0 Å². The van der Waals surface area contributed by atoms with Crippen LogP contribution in [-0.2, 0) is 13.1 Å². The number of aryl methyl sites for hydroxylation is 1. The third-order valence-corrected chi connectivity index (χ3v) is 6.22. The molecule has 7 nitrogen and oxygen atoms in total. The number of amides is 1. The standard InChI is InChI=1S/C22H22N4O2.C5H11N/c1-3-26-14-20(22(27)23-11-15-5-4-6-18(9-15)28-2)19-8-7-16(10-21(19)26)17-12-24-25-13-17;1-6-4-2-3-5-6/h4-10,12-14H,3,11H2,1-2H3,(H,23,27)(H,24,25);2-5H2,1H3. The number of aromatic nitrogens is 3. The fraction of sp³-hybridized carbons (Fsp3) is 0.333. The summed E-state index contributed by atoms with van der Waals surface area (Å²) < 4.78 is 7.34. The van der Waals surface area contributed by atoms with Gasteiger partial charge in [-0.2, -0.15) is 5.10 Å². The number of H-pyrrole nitrogens is 1. The van der Waals surface area contributed by atoms with Crippen molar-refractivity contribution in [3.63, 3.8) is 0 Å². The van der Waals surface area contributed by atoms with Gasteiger partial charge in [-0.3, -0.25) is 9.89 Å². The number of rotatable bonds is 6. The Hall–Kier alpha value is -3.58. The summed E-state index contributed by atoms with van der Waals surface area (Å²) in [6, 6.07) is 13.8. The van der Waals surface area contributed by atoms with Gasteiger partial charge in [0.2, 0.25) is 0 Å². The van der Waals surface area contributed by atoms with Crippen molar-refractivity contribution >= 4 is 16.8 Å². The van der Waals surface area contributed by atoms with E-state index in [0.29, 0.717) is 12.1 Å². The summed E-state index contributed by atoms with van der Waals surface area (Å²) in [5, 5.41) is 10.8. The Balaban J connectivity index is 0.000000398. The first-order chi connectivity index (χ1) is 16.6. The lowest BCUT2D eigenvalue weighted by Crippen LogP contribution is -2.22. The van der Waals surface area contributed by atoms with Gasteiger partial charge >= 0.3 is 0 Å². The summed E-state index contributed by atoms with van der Waals surface area (Å²) in [5.74, 6) is 0.692. The summed E-state index contributed by atoms with van der Waals surface area (Å²) in [5.41, 5.74) is 4.80. The Morgan fingerprint density at radius 1 is 1.15 bits per heavy atom. The molecule has 5 rings (SSSR count). The number of carbonyl (C=O) groups excluding carboxylic acids is 1. The minimum atomic E-state index is -0.0870. The van der Waals surface area contributed by atoms with E-state index in [2.05, 4.69) is 45.0 Å². The van der Waals surface area contributed by atoms with Gasteiger partial charge in [0.15, 0.2) is 0 Å². The monoisotopic (exact) mass is 459 g/mol. The number of likely N-dealkylation sites (tertiary alicyclic amines) is 1. The van der Waals surface area contributed by atoms with E-state index in [0.717, 1.165) is 39.9 Å². The third kappa shape index (κ3) is 5.48. The lowest BCUT2D eigenvalue weighted by atomic mass is 10.1. The van der Waals surface area contributed by atoms with E-state index < -0.39 is 0 Å². The maximum Gasteiger partial charge on any atom is 0.253 e. The Kier molecular flexibility index (Phi) is 7.65. The van der Waals surface area contributed by atoms with Crippen LogP contribution < -0.4 is 10.1 Å². The molecular weight excluding hydrogens is 426 g/mol. The van der Waals surface area contributed by atoms with Gasteiger partial charge in [-0.25, -0.2) is 0 Å². The second-order valence-electron chi connectivity index (χ2n) is 8.59. The summed E-state index contributed by atoms with van der Waals surface area (Å²) in [6.07, 6.45) is 8.40. The lowest BCUT2D eigenvalue weighted by molar-refractivity contribution is 0.0952. The summed E-state index contributed by atoms with van der Waals surface area (Å²) in [4.78, 5) is 15.2. The molecule has 0 atom stereocenters. The van der Waals surface area contributed by atoms with Crippen molar-refractivity contribution in [3.05, 3.63) is 72.2 Å². The first kappa shape index (κ1) is 23.6. The van der Waals surface area contributed by atoms with Gasteiger partial charge < -0.3 is 19.5 Å². The Morgan fingerprint density at radius 2 is 1.97 bits per heavy atom. The molecule has 1 aliphatic rings. The first-order valence-electron chi connectivity index (χ1n) is 11.8. The van der Waals surface area contributed by atoms with Crippen molar-refractivity contribution in [2.24, 2.45) is 0 Å². The SMILES string of the molecule is CCn1cc(C(=O)NCc2cccc(OC)c2)c2ccc(-c3cn[nH]c3)cc21.CN1CCCC1. The number of hydrogen-bond donors (Lipinski definition) is 2. The van der Waals surface area contributed by atoms with Gasteiger partial charge in [0, 0.05) is 41.9 Å². The van der Waals surface area contributed by atoms with Crippen LogP contribution in [-0.4, -0.2) is 52.8 Å². The maximum absolute atomic E-state index is 12.9. The molecule has 1 saturated heterocycles. The summed E-state index contributed by atoms with van der Waals surface area (Å²) in [7, 11) is 3.81. The van der Waals surface area contributed by atoms with Gasteiger partial charge in [0.25, 0.3) is 5.91 Å². The van der Waals surface area contributed by atoms with Crippen LogP contribution in [0.25, 0.3) is 22.0 Å². The maximum atomic E-state index is 12.9. The van der Waals surface area contributed by atoms with Gasteiger partial charge in [-0.15, -0.1) is 0 Å². The van der Waals surface area contributed by atoms with Crippen LogP contribution >= 0.6 is 0 Å². The zero-order chi connectivity index (χ0) is 23.9. The fourth-order valence-electron chi connectivity index (χ4n) is 4.26. The van der Waals surface area contributed by atoms with Crippen LogP contribution in [0.5, 0.6) is 5.75 Å². The Morgan fingerprint density at radius 3 is 2.62 bits per heavy atom. The third-order valence-electron chi connectivity index (χ3n) is 6.22. The number of carbonyl (C=O) groups is 1. The highest BCUT2D eigenvalue weighted by atomic mass is 16.5. The van der Waals surface area contributed by atoms with E-state index in [1.807, 2.05) is 48.8 Å². The van der Waals surface area contributed by atoms with E-state index in [-0.39, 0.29) is 5.91 Å². The van der Waals surface area contributed by atoms with Gasteiger partial charge in [0.05, 0.1) is 18.9 Å². The minimum absolute atomic E-state index is 0.0870. The summed E-state index contributed by atoms with van der Waals surface area (Å²) in [6.45, 7) is 5.94. The molecule has 7 heteroatoms. The molecule has 0 bridgehead atoms. The largest absolute Gasteiger partial charge is 0.497 e. The number of hydrogen-bond acceptors (Lipinski definition) is 4. The molecule has 178 valence electrons. The van der Waals surface area contributed by atoms with E-state index in [4.69, 9.17) is 4.74 Å². The molecule has 3 heterocycles. The van der Waals surface area contributed by atoms with Crippen molar-refractivity contribution in [3.8, 4) is 16.9 Å². The van der Waals surface area contributed by atoms with Gasteiger partial charge in [-0.05, 0) is 69.2 Å². The zero-order valence-electron chi connectivity index (χ0n) is 20.2. The number of ether oxygens (including phenoxy) is 1. The quantitative estimate of drug-likeness (QED) is 0.438. The smallest absolute Gasteiger partial charge is 0.253 e. The molecular formula is C27H33N5O2. The second-order valence-corrected chi connectivity index (χ2v) is 8.59. The molecule has 4 aromatic rings. The molecule has 2 aromatic carbocycles. The van der Waals surface area contributed by atoms with Crippen molar-refractivity contribution in [1.82, 2.24) is 25.0 Å². The lowest BCUT2D eigenvalue weighted by Gasteiger charge is -2.06. The number of fused-ring (bicyclic) bond motifs is 1. The molecule has 0 saturated carbocycles. The van der Waals surface area contributed by atoms with Crippen molar-refractivity contribution in [1.29, 1.82) is 0 Å². The van der Waals surface area contributed by atoms with E-state index in [9.17, 15) is 4.79 Å². The highest BCUT2D eigenvalue weighted by molar-refractivity contribution is 6.07. The number of benzene rings is 2. The molecule has 2 N–H and O–H groups in total. The van der Waals surface area contributed by atoms with Crippen LogP contribution in [0.4, 0.5) is 0 Å². The molecule has 1 aliphatic heterocycles. The van der Waals surface area contributed by atoms with E-state index in [1.54, 1.807) is 13.3 Å². The predicted octanol–water partition coefficient (Wildman–Crippen LogP) is 4.70. The van der Waals surface area contributed by atoms with Gasteiger partial charge in [-0.1, -0.05) is 24.3 Å². The molecule has 0 spiro atoms. The normalized spacial score (nSPS) is 13.5. The first-order valence-corrected chi connectivity index (χ1v) is 11.8. The van der Waals surface area contributed by atoms with Crippen LogP contribution in [0.15, 0.2) is 61.1 Å². The molecule has 1 fully saturated rings. The fourth-order valence-corrected chi connectivity index (χ4v) is 4.26. The predicted molar refractivity (Wildman–Crippen MR) is 136 cm³/mol. The topological polar surface area (TPSA) is 75.2 Å². The Labute approximate surface area is 200 Å². The number of methoxy groups -OCH3 is 1. The highest BCUT2D eigenvalue weighted by Gasteiger charge is 2.15. The number of nitrogens with zero attached hydrogens (tertiary/aromatic N) is 3. The molecule has 0 radical (unpaired) electrons. The Bertz CT molecular complexity index is 1220. The average Bonchev–Trinajstić information content (AvgIpc) is 3.64. The highest BCUT2D eigenvalue weighted by Crippen LogP contribution is 2.27. The van der Waals surface area contributed by atoms with Crippen molar-refractivity contribution < 1.29 is 9.53 Å². The molecule has 0 aliphatic carbocycles. The van der Waals surface area contributed by atoms with Crippen molar-refractivity contribution in [2.45, 2.75) is 32.9 Å². The van der Waals surface area contributed by atoms with Crippen LogP contribution in [0.2, 0.25) is 0 Å². The number of aromatic amines is 1. The average molecular weight is 460 g/mol. The molecule has 1 amide bonds. The van der Waals surface area contributed by atoms with Crippen molar-refractivity contribution in [2.75, 3.05) is 27.2 Å². The number of nitrogens with one attached hydrogen (secondary N) is 2.